The standard InChI is InChI=1S/C19H22N4O4S/c24-19(21-28(25,26)23-10-9-22-8-7-20-17(22)12-23)27-18-15-5-1-3-13(15)11-14-4-2-6-16(14)18/h7-8,11H,1-6,9-10,12H2,(H,21,24). The monoisotopic (exact) mass is 402 g/mol. The van der Waals surface area contributed by atoms with Crippen LogP contribution < -0.4 is 9.46 Å². The summed E-state index contributed by atoms with van der Waals surface area (Å²) < 4.78 is 36.1. The van der Waals surface area contributed by atoms with Crippen LogP contribution in [0.3, 0.4) is 0 Å². The van der Waals surface area contributed by atoms with Crippen molar-refractivity contribution in [2.24, 2.45) is 0 Å². The van der Waals surface area contributed by atoms with Crippen LogP contribution in [0.1, 0.15) is 40.9 Å². The van der Waals surface area contributed by atoms with Gasteiger partial charge in [0, 0.05) is 25.5 Å². The first-order valence-corrected chi connectivity index (χ1v) is 11.1. The second-order valence-electron chi connectivity index (χ2n) is 7.56. The van der Waals surface area contributed by atoms with E-state index in [2.05, 4.69) is 15.8 Å². The van der Waals surface area contributed by atoms with Crippen molar-refractivity contribution in [2.45, 2.75) is 51.6 Å². The second kappa shape index (κ2) is 6.59. The average Bonchev–Trinajstić information content (AvgIpc) is 3.40. The highest BCUT2D eigenvalue weighted by Gasteiger charge is 2.31. The largest absolute Gasteiger partial charge is 0.427 e. The van der Waals surface area contributed by atoms with Crippen LogP contribution in [-0.4, -0.2) is 34.9 Å². The summed E-state index contributed by atoms with van der Waals surface area (Å²) in [6.07, 6.45) is 8.30. The Hall–Kier alpha value is -2.39. The summed E-state index contributed by atoms with van der Waals surface area (Å²) in [6.45, 7) is 0.916. The molecule has 0 saturated carbocycles. The van der Waals surface area contributed by atoms with Gasteiger partial charge in [0.25, 0.3) is 0 Å². The number of nitrogens with zero attached hydrogens (tertiary/aromatic N) is 3. The molecule has 1 aliphatic heterocycles. The van der Waals surface area contributed by atoms with Gasteiger partial charge in [-0.2, -0.15) is 12.7 Å². The number of ether oxygens (including phenoxy) is 1. The van der Waals surface area contributed by atoms with Crippen molar-refractivity contribution in [3.63, 3.8) is 0 Å². The molecule has 28 heavy (non-hydrogen) atoms. The first-order valence-electron chi connectivity index (χ1n) is 9.67. The Balaban J connectivity index is 1.35. The fourth-order valence-corrected chi connectivity index (χ4v) is 5.52. The molecule has 1 aromatic heterocycles. The molecule has 2 heterocycles. The van der Waals surface area contributed by atoms with E-state index in [4.69, 9.17) is 4.74 Å². The van der Waals surface area contributed by atoms with Gasteiger partial charge in [-0.25, -0.2) is 14.5 Å². The van der Waals surface area contributed by atoms with Crippen LogP contribution in [-0.2, 0) is 49.0 Å². The van der Waals surface area contributed by atoms with Crippen molar-refractivity contribution in [1.82, 2.24) is 18.6 Å². The van der Waals surface area contributed by atoms with Gasteiger partial charge in [0.15, 0.2) is 0 Å². The number of aromatic nitrogens is 2. The number of hydrogen-bond donors (Lipinski definition) is 1. The molecular weight excluding hydrogens is 380 g/mol. The number of nitrogens with one attached hydrogen (secondary N) is 1. The van der Waals surface area contributed by atoms with Crippen molar-refractivity contribution in [1.29, 1.82) is 0 Å². The number of aryl methyl sites for hydroxylation is 2. The summed E-state index contributed by atoms with van der Waals surface area (Å²) in [5, 5.41) is 0. The third kappa shape index (κ3) is 2.98. The van der Waals surface area contributed by atoms with Gasteiger partial charge in [-0.05, 0) is 60.8 Å². The Morgan fingerprint density at radius 3 is 2.50 bits per heavy atom. The summed E-state index contributed by atoms with van der Waals surface area (Å²) in [4.78, 5) is 16.7. The highest BCUT2D eigenvalue weighted by atomic mass is 32.2. The van der Waals surface area contributed by atoms with Gasteiger partial charge in [0.1, 0.15) is 11.6 Å². The molecule has 0 atom stereocenters. The molecule has 9 heteroatoms. The lowest BCUT2D eigenvalue weighted by Gasteiger charge is -2.26. The van der Waals surface area contributed by atoms with Crippen LogP contribution >= 0.6 is 0 Å². The number of hydrogen-bond acceptors (Lipinski definition) is 5. The summed E-state index contributed by atoms with van der Waals surface area (Å²) in [7, 11) is -4.00. The number of imidazole rings is 1. The summed E-state index contributed by atoms with van der Waals surface area (Å²) >= 11 is 0. The molecule has 0 radical (unpaired) electrons. The van der Waals surface area contributed by atoms with E-state index in [0.717, 1.165) is 49.7 Å². The van der Waals surface area contributed by atoms with Crippen LogP contribution in [0.2, 0.25) is 0 Å². The summed E-state index contributed by atoms with van der Waals surface area (Å²) in [6, 6.07) is 2.24. The quantitative estimate of drug-likeness (QED) is 0.844. The number of rotatable bonds is 3. The van der Waals surface area contributed by atoms with Gasteiger partial charge < -0.3 is 9.30 Å². The molecule has 0 spiro atoms. The van der Waals surface area contributed by atoms with E-state index in [1.165, 1.54) is 15.4 Å². The first kappa shape index (κ1) is 17.7. The van der Waals surface area contributed by atoms with E-state index in [1.54, 1.807) is 6.20 Å². The Morgan fingerprint density at radius 1 is 1.07 bits per heavy atom. The fourth-order valence-electron chi connectivity index (χ4n) is 4.53. The highest BCUT2D eigenvalue weighted by Crippen LogP contribution is 2.40. The molecule has 2 aromatic rings. The molecule has 0 unspecified atom stereocenters. The molecule has 1 N–H and O–H groups in total. The zero-order chi connectivity index (χ0) is 19.3. The summed E-state index contributed by atoms with van der Waals surface area (Å²) in [5.41, 5.74) is 4.59. The number of amides is 1. The van der Waals surface area contributed by atoms with Crippen molar-refractivity contribution in [3.05, 3.63) is 46.5 Å². The number of benzene rings is 1. The van der Waals surface area contributed by atoms with Crippen molar-refractivity contribution in [3.8, 4) is 5.75 Å². The third-order valence-corrected chi connectivity index (χ3v) is 7.29. The molecule has 0 saturated heterocycles. The van der Waals surface area contributed by atoms with E-state index in [0.29, 0.717) is 18.1 Å². The zero-order valence-corrected chi connectivity index (χ0v) is 16.3. The molecule has 1 aromatic carbocycles. The van der Waals surface area contributed by atoms with Crippen LogP contribution in [0, 0.1) is 0 Å². The molecule has 148 valence electrons. The smallest absolute Gasteiger partial charge is 0.409 e. The summed E-state index contributed by atoms with van der Waals surface area (Å²) in [5.74, 6) is 1.24. The van der Waals surface area contributed by atoms with E-state index in [-0.39, 0.29) is 13.1 Å². The number of fused-ring (bicyclic) bond motifs is 3. The lowest BCUT2D eigenvalue weighted by molar-refractivity contribution is 0.204. The van der Waals surface area contributed by atoms with Gasteiger partial charge in [0.05, 0.1) is 6.54 Å². The Bertz CT molecular complexity index is 1030. The minimum absolute atomic E-state index is 0.131. The lowest BCUT2D eigenvalue weighted by Crippen LogP contribution is -2.47. The van der Waals surface area contributed by atoms with Gasteiger partial charge in [-0.3, -0.25) is 0 Å². The minimum Gasteiger partial charge on any atom is -0.409 e. The number of carbonyl (C=O) groups excluding carboxylic acids is 1. The van der Waals surface area contributed by atoms with Crippen molar-refractivity contribution < 1.29 is 17.9 Å². The molecule has 2 aliphatic carbocycles. The Labute approximate surface area is 163 Å². The van der Waals surface area contributed by atoms with Gasteiger partial charge in [-0.1, -0.05) is 6.07 Å². The molecule has 8 nitrogen and oxygen atoms in total. The molecule has 3 aliphatic rings. The average molecular weight is 402 g/mol. The predicted octanol–water partition coefficient (Wildman–Crippen LogP) is 1.71. The van der Waals surface area contributed by atoms with Gasteiger partial charge >= 0.3 is 16.3 Å². The molecule has 1 amide bonds. The predicted molar refractivity (Wildman–Crippen MR) is 101 cm³/mol. The maximum atomic E-state index is 12.7. The van der Waals surface area contributed by atoms with Crippen LogP contribution in [0.5, 0.6) is 5.75 Å². The van der Waals surface area contributed by atoms with Crippen molar-refractivity contribution in [2.75, 3.05) is 6.54 Å². The molecule has 0 fully saturated rings. The minimum atomic E-state index is -4.00. The highest BCUT2D eigenvalue weighted by molar-refractivity contribution is 7.87. The normalized spacial score (nSPS) is 18.4. The topological polar surface area (TPSA) is 93.5 Å². The van der Waals surface area contributed by atoms with Crippen molar-refractivity contribution >= 4 is 16.3 Å². The zero-order valence-electron chi connectivity index (χ0n) is 15.5. The van der Waals surface area contributed by atoms with E-state index >= 15 is 0 Å². The molecule has 5 rings (SSSR count). The third-order valence-electron chi connectivity index (χ3n) is 5.87. The fraction of sp³-hybridized carbons (Fsp3) is 0.474. The second-order valence-corrected chi connectivity index (χ2v) is 9.23. The van der Waals surface area contributed by atoms with Crippen LogP contribution in [0.4, 0.5) is 4.79 Å². The van der Waals surface area contributed by atoms with E-state index in [9.17, 15) is 13.2 Å². The number of carbonyl (C=O) groups is 1. The van der Waals surface area contributed by atoms with Gasteiger partial charge in [-0.15, -0.1) is 0 Å². The molecular formula is C19H22N4O4S. The lowest BCUT2D eigenvalue weighted by atomic mass is 10.0. The Morgan fingerprint density at radius 2 is 1.79 bits per heavy atom. The SMILES string of the molecule is O=C(NS(=O)(=O)N1CCn2ccnc2C1)Oc1c2c(cc3c1CCC3)CCC2. The molecule has 0 bridgehead atoms. The van der Waals surface area contributed by atoms with E-state index < -0.39 is 16.3 Å². The van der Waals surface area contributed by atoms with Crippen LogP contribution in [0.15, 0.2) is 18.5 Å². The maximum absolute atomic E-state index is 12.7. The Kier molecular flexibility index (Phi) is 4.17. The first-order chi connectivity index (χ1) is 13.5. The van der Waals surface area contributed by atoms with Gasteiger partial charge in [0.2, 0.25) is 0 Å². The van der Waals surface area contributed by atoms with E-state index in [1.807, 2.05) is 10.8 Å². The maximum Gasteiger partial charge on any atom is 0.427 e. The van der Waals surface area contributed by atoms with Crippen LogP contribution in [0.25, 0.3) is 0 Å².